The van der Waals surface area contributed by atoms with Crippen LogP contribution >= 0.6 is 11.6 Å². The number of rotatable bonds is 8. The normalized spacial score (nSPS) is 18.5. The Labute approximate surface area is 202 Å². The molecule has 2 heterocycles. The van der Waals surface area contributed by atoms with Crippen LogP contribution < -0.4 is 5.32 Å². The van der Waals surface area contributed by atoms with Crippen molar-refractivity contribution in [1.82, 2.24) is 14.5 Å². The van der Waals surface area contributed by atoms with Crippen molar-refractivity contribution in [1.29, 1.82) is 0 Å². The smallest absolute Gasteiger partial charge is 0.223 e. The van der Waals surface area contributed by atoms with Crippen LogP contribution in [0.4, 0.5) is 0 Å². The molecule has 0 radical (unpaired) electrons. The summed E-state index contributed by atoms with van der Waals surface area (Å²) >= 11 is 5.97. The number of benzene rings is 2. The molecule has 0 bridgehead atoms. The van der Waals surface area contributed by atoms with E-state index in [1.807, 2.05) is 0 Å². The Bertz CT molecular complexity index is 1040. The Morgan fingerprint density at radius 3 is 2.27 bits per heavy atom. The van der Waals surface area contributed by atoms with Gasteiger partial charge in [-0.05, 0) is 67.6 Å². The van der Waals surface area contributed by atoms with Crippen LogP contribution in [0.2, 0.25) is 5.02 Å². The highest BCUT2D eigenvalue weighted by Crippen LogP contribution is 2.23. The predicted molar refractivity (Wildman–Crippen MR) is 131 cm³/mol. The van der Waals surface area contributed by atoms with Crippen LogP contribution in [0.3, 0.4) is 0 Å². The van der Waals surface area contributed by atoms with Crippen molar-refractivity contribution in [3.8, 4) is 0 Å². The molecule has 1 N–H and O–H groups in total. The van der Waals surface area contributed by atoms with Gasteiger partial charge in [0.05, 0.1) is 5.75 Å². The highest BCUT2D eigenvalue weighted by Gasteiger charge is 2.31. The van der Waals surface area contributed by atoms with Crippen LogP contribution in [0.15, 0.2) is 48.5 Å². The molecule has 2 aromatic carbocycles. The maximum Gasteiger partial charge on any atom is 0.223 e. The maximum absolute atomic E-state index is 12.8. The molecule has 8 heteroatoms. The second-order valence-electron chi connectivity index (χ2n) is 9.08. The van der Waals surface area contributed by atoms with Crippen LogP contribution in [0.1, 0.15) is 42.4 Å². The van der Waals surface area contributed by atoms with Gasteiger partial charge in [-0.25, -0.2) is 12.7 Å². The number of hydrogen-bond donors (Lipinski definition) is 1. The molecular formula is C25H32ClN3O3S. The molecule has 178 valence electrons. The van der Waals surface area contributed by atoms with Crippen LogP contribution in [-0.4, -0.2) is 49.7 Å². The molecule has 33 heavy (non-hydrogen) atoms. The number of carbonyl (C=O) groups excluding carboxylic acids is 1. The molecule has 4 rings (SSSR count). The van der Waals surface area contributed by atoms with Crippen LogP contribution in [-0.2, 0) is 33.7 Å². The maximum atomic E-state index is 12.8. The number of carbonyl (C=O) groups is 1. The van der Waals surface area contributed by atoms with Gasteiger partial charge in [0.2, 0.25) is 15.9 Å². The summed E-state index contributed by atoms with van der Waals surface area (Å²) in [4.78, 5) is 15.1. The standard InChI is InChI=1S/C25H32ClN3O3S/c26-24-5-3-4-22(16-24)19-33(31,32)29-14-10-23(11-15-29)25(30)27-17-20-6-8-21(9-7-20)18-28-12-1-2-13-28/h3-9,16,23H,1-2,10-15,17-19H2,(H,27,30). The van der Waals surface area contributed by atoms with Crippen molar-refractivity contribution in [2.45, 2.75) is 44.5 Å². The molecule has 0 aromatic heterocycles. The first kappa shape index (κ1) is 24.2. The lowest BCUT2D eigenvalue weighted by Gasteiger charge is -2.30. The summed E-state index contributed by atoms with van der Waals surface area (Å²) in [6.07, 6.45) is 3.65. The van der Waals surface area contributed by atoms with Crippen LogP contribution in [0.25, 0.3) is 0 Å². The van der Waals surface area contributed by atoms with Crippen molar-refractivity contribution >= 4 is 27.5 Å². The first-order chi connectivity index (χ1) is 15.9. The quantitative estimate of drug-likeness (QED) is 0.612. The fourth-order valence-corrected chi connectivity index (χ4v) is 6.38. The van der Waals surface area contributed by atoms with Crippen molar-refractivity contribution in [3.05, 3.63) is 70.2 Å². The van der Waals surface area contributed by atoms with Gasteiger partial charge in [-0.1, -0.05) is 48.0 Å². The Hall–Kier alpha value is -1.93. The highest BCUT2D eigenvalue weighted by atomic mass is 35.5. The average molecular weight is 490 g/mol. The van der Waals surface area contributed by atoms with Gasteiger partial charge < -0.3 is 5.32 Å². The summed E-state index contributed by atoms with van der Waals surface area (Å²) < 4.78 is 27.0. The zero-order valence-corrected chi connectivity index (χ0v) is 20.5. The monoisotopic (exact) mass is 489 g/mol. The summed E-state index contributed by atoms with van der Waals surface area (Å²) in [6, 6.07) is 15.4. The van der Waals surface area contributed by atoms with Crippen LogP contribution in [0.5, 0.6) is 0 Å². The van der Waals surface area contributed by atoms with Gasteiger partial charge >= 0.3 is 0 Å². The average Bonchev–Trinajstić information content (AvgIpc) is 3.31. The molecule has 6 nitrogen and oxygen atoms in total. The van der Waals surface area contributed by atoms with E-state index in [4.69, 9.17) is 11.6 Å². The molecule has 0 atom stereocenters. The molecular weight excluding hydrogens is 458 g/mol. The fourth-order valence-electron chi connectivity index (χ4n) is 4.62. The summed E-state index contributed by atoms with van der Waals surface area (Å²) in [5, 5.41) is 3.56. The SMILES string of the molecule is O=C(NCc1ccc(CN2CCCC2)cc1)C1CCN(S(=O)(=O)Cc2cccc(Cl)c2)CC1. The molecule has 2 aliphatic rings. The molecule has 2 aliphatic heterocycles. The highest BCUT2D eigenvalue weighted by molar-refractivity contribution is 7.88. The van der Waals surface area contributed by atoms with Gasteiger partial charge in [-0.3, -0.25) is 9.69 Å². The number of nitrogens with one attached hydrogen (secondary N) is 1. The first-order valence-corrected chi connectivity index (χ1v) is 13.7. The number of amides is 1. The molecule has 0 aliphatic carbocycles. The third-order valence-corrected chi connectivity index (χ3v) is 8.64. The van der Waals surface area contributed by atoms with Gasteiger partial charge in [0.25, 0.3) is 0 Å². The topological polar surface area (TPSA) is 69.7 Å². The number of hydrogen-bond acceptors (Lipinski definition) is 4. The number of piperidine rings is 1. The molecule has 0 unspecified atom stereocenters. The molecule has 2 saturated heterocycles. The van der Waals surface area contributed by atoms with Crippen molar-refractivity contribution < 1.29 is 13.2 Å². The van der Waals surface area contributed by atoms with E-state index < -0.39 is 10.0 Å². The predicted octanol–water partition coefficient (Wildman–Crippen LogP) is 3.79. The molecule has 2 fully saturated rings. The van der Waals surface area contributed by atoms with Crippen LogP contribution in [0, 0.1) is 5.92 Å². The molecule has 0 spiro atoms. The van der Waals surface area contributed by atoms with Crippen molar-refractivity contribution in [2.75, 3.05) is 26.2 Å². The van der Waals surface area contributed by atoms with Crippen molar-refractivity contribution in [2.24, 2.45) is 5.92 Å². The second kappa shape index (κ2) is 11.0. The van der Waals surface area contributed by atoms with Crippen molar-refractivity contribution in [3.63, 3.8) is 0 Å². The van der Waals surface area contributed by atoms with E-state index in [0.29, 0.717) is 43.1 Å². The summed E-state index contributed by atoms with van der Waals surface area (Å²) in [6.45, 7) is 4.58. The minimum Gasteiger partial charge on any atom is -0.352 e. The Morgan fingerprint density at radius 1 is 0.939 bits per heavy atom. The Kier molecular flexibility index (Phi) is 8.07. The van der Waals surface area contributed by atoms with E-state index in [0.717, 1.165) is 12.1 Å². The lowest BCUT2D eigenvalue weighted by molar-refractivity contribution is -0.126. The lowest BCUT2D eigenvalue weighted by Crippen LogP contribution is -2.43. The van der Waals surface area contributed by atoms with E-state index in [-0.39, 0.29) is 17.6 Å². The molecule has 1 amide bonds. The van der Waals surface area contributed by atoms with E-state index >= 15 is 0 Å². The number of likely N-dealkylation sites (tertiary alicyclic amines) is 1. The zero-order valence-electron chi connectivity index (χ0n) is 18.9. The van der Waals surface area contributed by atoms with Gasteiger partial charge in [0.1, 0.15) is 0 Å². The first-order valence-electron chi connectivity index (χ1n) is 11.7. The molecule has 0 saturated carbocycles. The van der Waals surface area contributed by atoms with Gasteiger partial charge in [0, 0.05) is 37.1 Å². The van der Waals surface area contributed by atoms with E-state index in [9.17, 15) is 13.2 Å². The third-order valence-electron chi connectivity index (χ3n) is 6.55. The minimum absolute atomic E-state index is 0.00281. The summed E-state index contributed by atoms with van der Waals surface area (Å²) in [5.74, 6) is -0.224. The Balaban J connectivity index is 1.22. The Morgan fingerprint density at radius 2 is 1.61 bits per heavy atom. The van der Waals surface area contributed by atoms with Gasteiger partial charge in [0.15, 0.2) is 0 Å². The second-order valence-corrected chi connectivity index (χ2v) is 11.5. The van der Waals surface area contributed by atoms with E-state index in [1.165, 1.54) is 35.8 Å². The third kappa shape index (κ3) is 6.79. The lowest BCUT2D eigenvalue weighted by atomic mass is 9.97. The van der Waals surface area contributed by atoms with E-state index in [2.05, 4.69) is 34.5 Å². The largest absolute Gasteiger partial charge is 0.352 e. The summed E-state index contributed by atoms with van der Waals surface area (Å²) in [7, 11) is -3.43. The van der Waals surface area contributed by atoms with Gasteiger partial charge in [-0.15, -0.1) is 0 Å². The fraction of sp³-hybridized carbons (Fsp3) is 0.480. The summed E-state index contributed by atoms with van der Waals surface area (Å²) in [5.41, 5.74) is 3.06. The zero-order chi connectivity index (χ0) is 23.3. The number of nitrogens with zero attached hydrogens (tertiary/aromatic N) is 2. The number of halogens is 1. The minimum atomic E-state index is -3.43. The van der Waals surface area contributed by atoms with E-state index in [1.54, 1.807) is 24.3 Å². The molecule has 2 aromatic rings. The number of sulfonamides is 1. The van der Waals surface area contributed by atoms with Gasteiger partial charge in [-0.2, -0.15) is 0 Å².